The number of carbonyl (C=O) groups excluding carboxylic acids is 4. The first kappa shape index (κ1) is 23.0. The van der Waals surface area contributed by atoms with Crippen molar-refractivity contribution in [1.82, 2.24) is 5.32 Å². The fourth-order valence-electron chi connectivity index (χ4n) is 0.997. The molecule has 0 amide bonds. The molecule has 108 valence electrons. The molecule has 1 N–H and O–H groups in total. The summed E-state index contributed by atoms with van der Waals surface area (Å²) in [5, 5.41) is 42.9. The normalized spacial score (nSPS) is 12.2. The Bertz CT molecular complexity index is 316. The number of rotatable bonds is 8. The molecule has 0 aromatic carbocycles. The average molecular weight is 357 g/mol. The van der Waals surface area contributed by atoms with E-state index in [2.05, 4.69) is 0 Å². The summed E-state index contributed by atoms with van der Waals surface area (Å²) in [7, 11) is 0. The van der Waals surface area contributed by atoms with Crippen LogP contribution < -0.4 is 25.7 Å². The predicted molar refractivity (Wildman–Crippen MR) is 40.0 cm³/mol. The molecule has 0 heterocycles. The molecule has 9 nitrogen and oxygen atoms in total. The van der Waals surface area contributed by atoms with Crippen LogP contribution in [-0.2, 0) is 53.3 Å². The van der Waals surface area contributed by atoms with Crippen molar-refractivity contribution in [1.29, 1.82) is 0 Å². The van der Waals surface area contributed by atoms with Gasteiger partial charge < -0.3 is 44.9 Å². The summed E-state index contributed by atoms with van der Waals surface area (Å²) < 4.78 is 0. The van der Waals surface area contributed by atoms with Gasteiger partial charge in [0.2, 0.25) is 0 Å². The van der Waals surface area contributed by atoms with E-state index in [0.717, 1.165) is 0 Å². The number of hydrogen-bond acceptors (Lipinski definition) is 9. The van der Waals surface area contributed by atoms with Gasteiger partial charge in [0.15, 0.2) is 0 Å². The quantitative estimate of drug-likeness (QED) is 0.414. The van der Waals surface area contributed by atoms with Crippen molar-refractivity contribution in [2.24, 2.45) is 0 Å². The largest absolute Gasteiger partial charge is 2.00 e. The molecule has 0 aliphatic heterocycles. The van der Waals surface area contributed by atoms with E-state index in [1.54, 1.807) is 5.32 Å². The molecule has 0 aliphatic rings. The van der Waals surface area contributed by atoms with E-state index >= 15 is 0 Å². The second-order valence-electron chi connectivity index (χ2n) is 3.06. The van der Waals surface area contributed by atoms with Crippen molar-refractivity contribution in [3.05, 3.63) is 0 Å². The van der Waals surface area contributed by atoms with Crippen LogP contribution >= 0.6 is 0 Å². The number of aliphatic carboxylic acids is 4. The molecule has 0 aromatic heterocycles. The average Bonchev–Trinajstić information content (AvgIpc) is 2.13. The zero-order chi connectivity index (χ0) is 13.6. The zero-order valence-corrected chi connectivity index (χ0v) is 11.3. The van der Waals surface area contributed by atoms with Crippen LogP contribution in [0.3, 0.4) is 0 Å². The molecule has 0 saturated carbocycles. The van der Waals surface area contributed by atoms with E-state index in [4.69, 9.17) is 0 Å². The molecule has 0 bridgehead atoms. The number of hydrogen-bond donors (Lipinski definition) is 1. The minimum Gasteiger partial charge on any atom is -0.550 e. The van der Waals surface area contributed by atoms with Gasteiger partial charge in [-0.2, -0.15) is 0 Å². The molecule has 0 rings (SSSR count). The molecule has 0 aromatic rings. The van der Waals surface area contributed by atoms with Crippen molar-refractivity contribution < 1.29 is 73.7 Å². The maximum absolute atomic E-state index is 10.4. The first-order valence-electron chi connectivity index (χ1n) is 4.31. The summed E-state index contributed by atoms with van der Waals surface area (Å²) in [6, 6.07) is -3.80. The minimum absolute atomic E-state index is 0. The van der Waals surface area contributed by atoms with Crippen LogP contribution in [0.5, 0.6) is 0 Å². The van der Waals surface area contributed by atoms with Gasteiger partial charge in [-0.3, -0.25) is 0 Å². The Balaban J connectivity index is -0.00000128. The monoisotopic (exact) mass is 357 g/mol. The Morgan fingerprint density at radius 2 is 1.00 bits per heavy atom. The Kier molecular flexibility index (Phi) is 13.0. The van der Waals surface area contributed by atoms with Gasteiger partial charge in [-0.15, -0.1) is 0 Å². The SMILES string of the molecule is O=C([O-])CC(NC(CC(=O)[O-])C(=O)[O-])C(=O)[O-].[Fe+2].[Fe+2]. The van der Waals surface area contributed by atoms with Gasteiger partial charge >= 0.3 is 34.1 Å². The number of carboxylic acids is 4. The summed E-state index contributed by atoms with van der Waals surface area (Å²) >= 11 is 0. The summed E-state index contributed by atoms with van der Waals surface area (Å²) in [4.78, 5) is 41.2. The van der Waals surface area contributed by atoms with Gasteiger partial charge in [0.25, 0.3) is 0 Å². The minimum atomic E-state index is -1.90. The molecule has 19 heavy (non-hydrogen) atoms. The van der Waals surface area contributed by atoms with E-state index in [0.29, 0.717) is 0 Å². The maximum Gasteiger partial charge on any atom is 2.00 e. The predicted octanol–water partition coefficient (Wildman–Crippen LogP) is -6.91. The van der Waals surface area contributed by atoms with Crippen molar-refractivity contribution in [2.45, 2.75) is 24.9 Å². The van der Waals surface area contributed by atoms with Gasteiger partial charge in [0.05, 0.1) is 24.0 Å². The van der Waals surface area contributed by atoms with Crippen molar-refractivity contribution >= 4 is 23.9 Å². The zero-order valence-electron chi connectivity index (χ0n) is 9.04. The van der Waals surface area contributed by atoms with Gasteiger partial charge in [0, 0.05) is 24.8 Å². The van der Waals surface area contributed by atoms with Crippen LogP contribution in [-0.4, -0.2) is 36.0 Å². The van der Waals surface area contributed by atoms with Crippen LogP contribution in [0.25, 0.3) is 0 Å². The third kappa shape index (κ3) is 10.5. The van der Waals surface area contributed by atoms with Crippen LogP contribution in [0.4, 0.5) is 0 Å². The van der Waals surface area contributed by atoms with Crippen LogP contribution in [0, 0.1) is 0 Å². The van der Waals surface area contributed by atoms with Gasteiger partial charge in [-0.25, -0.2) is 0 Å². The van der Waals surface area contributed by atoms with E-state index < -0.39 is 48.8 Å². The molecular formula is C8H7Fe2NO8. The summed E-state index contributed by atoms with van der Waals surface area (Å²) in [6.07, 6.45) is -2.14. The Hall–Kier alpha value is -1.12. The second-order valence-corrected chi connectivity index (χ2v) is 3.06. The molecule has 2 atom stereocenters. The summed E-state index contributed by atoms with van der Waals surface area (Å²) in [6.45, 7) is 0. The standard InChI is InChI=1S/C8H11NO8.2Fe/c10-5(11)1-3(7(14)15)9-4(8(16)17)2-6(12)13;;/h3-4,9H,1-2H2,(H,10,11)(H,12,13)(H,14,15)(H,16,17);;/q;2*+2/p-4. The smallest absolute Gasteiger partial charge is 0.550 e. The molecule has 0 aliphatic carbocycles. The first-order valence-corrected chi connectivity index (χ1v) is 4.31. The number of carbonyl (C=O) groups is 4. The third-order valence-electron chi connectivity index (χ3n) is 1.71. The maximum atomic E-state index is 10.4. The molecule has 2 unspecified atom stereocenters. The van der Waals surface area contributed by atoms with Crippen molar-refractivity contribution in [3.8, 4) is 0 Å². The van der Waals surface area contributed by atoms with E-state index in [-0.39, 0.29) is 34.1 Å². The summed E-state index contributed by atoms with van der Waals surface area (Å²) in [5.41, 5.74) is 0. The second kappa shape index (κ2) is 10.8. The Morgan fingerprint density at radius 3 is 1.16 bits per heavy atom. The van der Waals surface area contributed by atoms with Crippen LogP contribution in [0.1, 0.15) is 12.8 Å². The molecule has 11 heteroatoms. The van der Waals surface area contributed by atoms with E-state index in [1.165, 1.54) is 0 Å². The fourth-order valence-corrected chi connectivity index (χ4v) is 0.997. The topological polar surface area (TPSA) is 173 Å². The van der Waals surface area contributed by atoms with Crippen LogP contribution in [0.15, 0.2) is 0 Å². The van der Waals surface area contributed by atoms with E-state index in [1.807, 2.05) is 0 Å². The van der Waals surface area contributed by atoms with Crippen molar-refractivity contribution in [3.63, 3.8) is 0 Å². The number of nitrogens with one attached hydrogen (secondary N) is 1. The first-order chi connectivity index (χ1) is 7.73. The Labute approximate surface area is 128 Å². The fraction of sp³-hybridized carbons (Fsp3) is 0.500. The molecule has 0 radical (unpaired) electrons. The molecule has 0 fully saturated rings. The molecular weight excluding hydrogens is 350 g/mol. The van der Waals surface area contributed by atoms with Crippen LogP contribution in [0.2, 0.25) is 0 Å². The molecule has 0 saturated heterocycles. The Morgan fingerprint density at radius 1 is 0.737 bits per heavy atom. The summed E-state index contributed by atoms with van der Waals surface area (Å²) in [5.74, 6) is -7.34. The third-order valence-corrected chi connectivity index (χ3v) is 1.71. The van der Waals surface area contributed by atoms with E-state index in [9.17, 15) is 39.6 Å². The van der Waals surface area contributed by atoms with Crippen molar-refractivity contribution in [2.75, 3.05) is 0 Å². The van der Waals surface area contributed by atoms with Gasteiger partial charge in [0.1, 0.15) is 0 Å². The van der Waals surface area contributed by atoms with Gasteiger partial charge in [-0.05, 0) is 0 Å². The van der Waals surface area contributed by atoms with Gasteiger partial charge in [-0.1, -0.05) is 0 Å². The number of carboxylic acid groups (broad SMARTS) is 4. The molecule has 0 spiro atoms.